The Hall–Kier alpha value is -2.06. The summed E-state index contributed by atoms with van der Waals surface area (Å²) in [6.07, 6.45) is 0.814. The molecule has 0 aliphatic carbocycles. The number of hydrogen-bond donors (Lipinski definition) is 0. The van der Waals surface area contributed by atoms with Gasteiger partial charge >= 0.3 is 0 Å². The first-order valence-corrected chi connectivity index (χ1v) is 7.13. The molecular formula is C16H23N3O2. The number of carbonyl (C=O) groups is 1. The highest BCUT2D eigenvalue weighted by Crippen LogP contribution is 2.16. The lowest BCUT2D eigenvalue weighted by Gasteiger charge is -2.21. The summed E-state index contributed by atoms with van der Waals surface area (Å²) in [4.78, 5) is 15.4. The van der Waals surface area contributed by atoms with E-state index < -0.39 is 0 Å². The van der Waals surface area contributed by atoms with Crippen molar-refractivity contribution in [2.24, 2.45) is 0 Å². The number of ether oxygens (including phenoxy) is 1. The van der Waals surface area contributed by atoms with E-state index in [-0.39, 0.29) is 5.91 Å². The molecule has 0 fully saturated rings. The van der Waals surface area contributed by atoms with E-state index >= 15 is 0 Å². The molecule has 0 aromatic heterocycles. The van der Waals surface area contributed by atoms with Gasteiger partial charge in [-0.05, 0) is 25.1 Å². The molecule has 0 aliphatic heterocycles. The first-order chi connectivity index (χ1) is 10.1. The molecule has 0 N–H and O–H groups in total. The Morgan fingerprint density at radius 2 is 2.05 bits per heavy atom. The highest BCUT2D eigenvalue weighted by Gasteiger charge is 2.10. The van der Waals surface area contributed by atoms with Crippen LogP contribution >= 0.6 is 0 Å². The van der Waals surface area contributed by atoms with Gasteiger partial charge in [-0.3, -0.25) is 9.69 Å². The fraction of sp³-hybridized carbons (Fsp3) is 0.500. The van der Waals surface area contributed by atoms with E-state index in [1.807, 2.05) is 19.1 Å². The third-order valence-corrected chi connectivity index (χ3v) is 3.19. The number of hydrogen-bond acceptors (Lipinski definition) is 4. The van der Waals surface area contributed by atoms with Gasteiger partial charge in [-0.2, -0.15) is 5.26 Å². The first kappa shape index (κ1) is 17.0. The lowest BCUT2D eigenvalue weighted by atomic mass is 10.2. The third kappa shape index (κ3) is 5.84. The Balaban J connectivity index is 2.35. The molecule has 5 nitrogen and oxygen atoms in total. The average Bonchev–Trinajstić information content (AvgIpc) is 2.50. The molecule has 0 radical (unpaired) electrons. The predicted octanol–water partition coefficient (Wildman–Crippen LogP) is 1.74. The van der Waals surface area contributed by atoms with Gasteiger partial charge in [0, 0.05) is 20.6 Å². The molecular weight excluding hydrogens is 266 g/mol. The van der Waals surface area contributed by atoms with Gasteiger partial charge in [-0.25, -0.2) is 0 Å². The Labute approximate surface area is 126 Å². The SMILES string of the molecule is CCN(CCCOc1ccccc1C#N)CC(=O)N(C)C. The number of likely N-dealkylation sites (N-methyl/N-ethyl adjacent to an activating group) is 2. The van der Waals surface area contributed by atoms with Crippen LogP contribution in [0.5, 0.6) is 5.75 Å². The Morgan fingerprint density at radius 3 is 2.67 bits per heavy atom. The molecule has 0 spiro atoms. The van der Waals surface area contributed by atoms with Crippen LogP contribution in [0, 0.1) is 11.3 Å². The number of rotatable bonds is 8. The monoisotopic (exact) mass is 289 g/mol. The van der Waals surface area contributed by atoms with Crippen molar-refractivity contribution in [2.45, 2.75) is 13.3 Å². The molecule has 1 amide bonds. The van der Waals surface area contributed by atoms with Gasteiger partial charge in [0.25, 0.3) is 0 Å². The fourth-order valence-corrected chi connectivity index (χ4v) is 1.84. The van der Waals surface area contributed by atoms with Crippen LogP contribution in [0.2, 0.25) is 0 Å². The topological polar surface area (TPSA) is 56.6 Å². The van der Waals surface area contributed by atoms with Gasteiger partial charge in [-0.15, -0.1) is 0 Å². The Morgan fingerprint density at radius 1 is 1.33 bits per heavy atom. The zero-order chi connectivity index (χ0) is 15.7. The second-order valence-electron chi connectivity index (χ2n) is 4.97. The maximum Gasteiger partial charge on any atom is 0.236 e. The lowest BCUT2D eigenvalue weighted by molar-refractivity contribution is -0.129. The van der Waals surface area contributed by atoms with E-state index in [1.165, 1.54) is 0 Å². The van der Waals surface area contributed by atoms with Crippen molar-refractivity contribution in [2.75, 3.05) is 40.3 Å². The number of nitriles is 1. The summed E-state index contributed by atoms with van der Waals surface area (Å²) in [5, 5.41) is 8.97. The molecule has 0 heterocycles. The van der Waals surface area contributed by atoms with Gasteiger partial charge in [0.1, 0.15) is 11.8 Å². The van der Waals surface area contributed by atoms with Crippen molar-refractivity contribution in [3.8, 4) is 11.8 Å². The zero-order valence-corrected chi connectivity index (χ0v) is 13.0. The quantitative estimate of drug-likeness (QED) is 0.684. The van der Waals surface area contributed by atoms with Gasteiger partial charge < -0.3 is 9.64 Å². The van der Waals surface area contributed by atoms with E-state index in [9.17, 15) is 4.79 Å². The van der Waals surface area contributed by atoms with Crippen molar-refractivity contribution < 1.29 is 9.53 Å². The lowest BCUT2D eigenvalue weighted by Crippen LogP contribution is -2.37. The Kier molecular flexibility index (Phi) is 7.27. The van der Waals surface area contributed by atoms with E-state index in [1.54, 1.807) is 31.1 Å². The predicted molar refractivity (Wildman–Crippen MR) is 82.1 cm³/mol. The van der Waals surface area contributed by atoms with Crippen molar-refractivity contribution in [1.29, 1.82) is 5.26 Å². The van der Waals surface area contributed by atoms with E-state index in [0.29, 0.717) is 24.5 Å². The average molecular weight is 289 g/mol. The maximum atomic E-state index is 11.7. The van der Waals surface area contributed by atoms with Crippen LogP contribution in [0.25, 0.3) is 0 Å². The standard InChI is InChI=1S/C16H23N3O2/c1-4-19(13-16(20)18(2)3)10-7-11-21-15-9-6-5-8-14(15)12-17/h5-6,8-9H,4,7,10-11,13H2,1-3H3. The fourth-order valence-electron chi connectivity index (χ4n) is 1.84. The largest absolute Gasteiger partial charge is 0.492 e. The molecule has 0 saturated carbocycles. The van der Waals surface area contributed by atoms with Crippen LogP contribution in [0.15, 0.2) is 24.3 Å². The number of benzene rings is 1. The van der Waals surface area contributed by atoms with Crippen LogP contribution < -0.4 is 4.74 Å². The summed E-state index contributed by atoms with van der Waals surface area (Å²) in [5.74, 6) is 0.722. The number of para-hydroxylation sites is 1. The second-order valence-corrected chi connectivity index (χ2v) is 4.97. The summed E-state index contributed by atoms with van der Waals surface area (Å²) < 4.78 is 5.63. The van der Waals surface area contributed by atoms with Gasteiger partial charge in [-0.1, -0.05) is 19.1 Å². The molecule has 1 rings (SSSR count). The molecule has 0 unspecified atom stereocenters. The summed E-state index contributed by atoms with van der Waals surface area (Å²) in [7, 11) is 3.52. The minimum atomic E-state index is 0.104. The molecule has 114 valence electrons. The molecule has 0 aliphatic rings. The maximum absolute atomic E-state index is 11.7. The number of nitrogens with zero attached hydrogens (tertiary/aromatic N) is 3. The van der Waals surface area contributed by atoms with Crippen molar-refractivity contribution in [3.05, 3.63) is 29.8 Å². The number of amides is 1. The van der Waals surface area contributed by atoms with E-state index in [2.05, 4.69) is 11.0 Å². The van der Waals surface area contributed by atoms with Crippen LogP contribution in [0.1, 0.15) is 18.9 Å². The van der Waals surface area contributed by atoms with Crippen molar-refractivity contribution in [1.82, 2.24) is 9.80 Å². The second kappa shape index (κ2) is 8.98. The minimum absolute atomic E-state index is 0.104. The van der Waals surface area contributed by atoms with Crippen LogP contribution in [0.4, 0.5) is 0 Å². The normalized spacial score (nSPS) is 10.2. The third-order valence-electron chi connectivity index (χ3n) is 3.19. The van der Waals surface area contributed by atoms with Gasteiger partial charge in [0.15, 0.2) is 0 Å². The van der Waals surface area contributed by atoms with Crippen molar-refractivity contribution in [3.63, 3.8) is 0 Å². The molecule has 1 aromatic rings. The number of carbonyl (C=O) groups excluding carboxylic acids is 1. The summed E-state index contributed by atoms with van der Waals surface area (Å²) in [6, 6.07) is 9.31. The van der Waals surface area contributed by atoms with Crippen LogP contribution in [0.3, 0.4) is 0 Å². The smallest absolute Gasteiger partial charge is 0.236 e. The summed E-state index contributed by atoms with van der Waals surface area (Å²) in [6.45, 7) is 4.62. The minimum Gasteiger partial charge on any atom is -0.492 e. The van der Waals surface area contributed by atoms with Crippen LogP contribution in [-0.4, -0.2) is 56.0 Å². The van der Waals surface area contributed by atoms with Crippen molar-refractivity contribution >= 4 is 5.91 Å². The Bertz CT molecular complexity index is 495. The zero-order valence-electron chi connectivity index (χ0n) is 13.0. The van der Waals surface area contributed by atoms with Crippen LogP contribution in [-0.2, 0) is 4.79 Å². The van der Waals surface area contributed by atoms with Gasteiger partial charge in [0.05, 0.1) is 18.7 Å². The molecule has 21 heavy (non-hydrogen) atoms. The highest BCUT2D eigenvalue weighted by atomic mass is 16.5. The first-order valence-electron chi connectivity index (χ1n) is 7.13. The summed E-state index contributed by atoms with van der Waals surface area (Å²) in [5.41, 5.74) is 0.549. The molecule has 0 bridgehead atoms. The molecule has 1 aromatic carbocycles. The van der Waals surface area contributed by atoms with E-state index in [0.717, 1.165) is 19.5 Å². The highest BCUT2D eigenvalue weighted by molar-refractivity contribution is 5.77. The van der Waals surface area contributed by atoms with E-state index in [4.69, 9.17) is 10.00 Å². The summed E-state index contributed by atoms with van der Waals surface area (Å²) >= 11 is 0. The molecule has 5 heteroatoms. The molecule has 0 atom stereocenters. The van der Waals surface area contributed by atoms with Gasteiger partial charge in [0.2, 0.25) is 5.91 Å². The molecule has 0 saturated heterocycles.